The molecule has 0 aliphatic rings. The Kier molecular flexibility index (Phi) is 4.72. The molecule has 0 heterocycles. The topological polar surface area (TPSA) is 32.3 Å². The highest BCUT2D eigenvalue weighted by Crippen LogP contribution is 2.03. The zero-order chi connectivity index (χ0) is 11.3. The molecule has 0 aromatic heterocycles. The molecule has 0 aliphatic heterocycles. The minimum atomic E-state index is -0.349. The number of benzene rings is 1. The molecule has 0 spiro atoms. The normalized spacial score (nSPS) is 14.9. The van der Waals surface area contributed by atoms with Gasteiger partial charge < -0.3 is 10.4 Å². The van der Waals surface area contributed by atoms with Gasteiger partial charge in [-0.3, -0.25) is 0 Å². The summed E-state index contributed by atoms with van der Waals surface area (Å²) in [5, 5.41) is 12.4. The van der Waals surface area contributed by atoms with Gasteiger partial charge in [-0.15, -0.1) is 0 Å². The number of halogens is 1. The molecule has 1 aromatic rings. The first-order valence-corrected chi connectivity index (χ1v) is 5.25. The van der Waals surface area contributed by atoms with Crippen molar-refractivity contribution in [1.29, 1.82) is 0 Å². The summed E-state index contributed by atoms with van der Waals surface area (Å²) in [4.78, 5) is 0. The Labute approximate surface area is 90.1 Å². The number of rotatable bonds is 5. The first kappa shape index (κ1) is 12.1. The first-order chi connectivity index (χ1) is 7.09. The van der Waals surface area contributed by atoms with Gasteiger partial charge in [0, 0.05) is 6.04 Å². The molecular formula is C12H18FNO. The molecule has 0 fully saturated rings. The fourth-order valence-electron chi connectivity index (χ4n) is 1.27. The van der Waals surface area contributed by atoms with Crippen LogP contribution >= 0.6 is 0 Å². The minimum absolute atomic E-state index is 0.0884. The minimum Gasteiger partial charge on any atom is -0.392 e. The van der Waals surface area contributed by atoms with Gasteiger partial charge in [0.1, 0.15) is 5.82 Å². The number of hydrogen-bond donors (Lipinski definition) is 2. The van der Waals surface area contributed by atoms with Crippen LogP contribution < -0.4 is 5.32 Å². The lowest BCUT2D eigenvalue weighted by molar-refractivity contribution is 0.153. The van der Waals surface area contributed by atoms with E-state index in [1.807, 2.05) is 6.92 Å². The fourth-order valence-corrected chi connectivity index (χ4v) is 1.27. The van der Waals surface area contributed by atoms with E-state index in [1.165, 1.54) is 12.1 Å². The van der Waals surface area contributed by atoms with Crippen molar-refractivity contribution in [2.45, 2.75) is 32.4 Å². The summed E-state index contributed by atoms with van der Waals surface area (Å²) in [6.07, 6.45) is 0.496. The number of aliphatic hydroxyl groups is 1. The van der Waals surface area contributed by atoms with Crippen LogP contribution in [0.15, 0.2) is 24.3 Å². The van der Waals surface area contributed by atoms with Gasteiger partial charge in [-0.1, -0.05) is 12.1 Å². The summed E-state index contributed by atoms with van der Waals surface area (Å²) in [5.74, 6) is -0.205. The molecule has 15 heavy (non-hydrogen) atoms. The quantitative estimate of drug-likeness (QED) is 0.777. The molecular weight excluding hydrogens is 193 g/mol. The van der Waals surface area contributed by atoms with Crippen LogP contribution in [0.25, 0.3) is 0 Å². The second-order valence-corrected chi connectivity index (χ2v) is 3.86. The molecule has 1 rings (SSSR count). The van der Waals surface area contributed by atoms with Gasteiger partial charge in [-0.25, -0.2) is 4.39 Å². The lowest BCUT2D eigenvalue weighted by atomic mass is 10.1. The summed E-state index contributed by atoms with van der Waals surface area (Å²) >= 11 is 0. The Morgan fingerprint density at radius 1 is 1.27 bits per heavy atom. The zero-order valence-electron chi connectivity index (χ0n) is 9.20. The summed E-state index contributed by atoms with van der Waals surface area (Å²) in [6, 6.07) is 6.58. The predicted molar refractivity (Wildman–Crippen MR) is 59.2 cm³/mol. The van der Waals surface area contributed by atoms with Gasteiger partial charge in [-0.2, -0.15) is 0 Å². The third-order valence-corrected chi connectivity index (χ3v) is 2.52. The molecule has 3 heteroatoms. The highest BCUT2D eigenvalue weighted by atomic mass is 19.1. The van der Waals surface area contributed by atoms with Crippen molar-refractivity contribution >= 4 is 0 Å². The third-order valence-electron chi connectivity index (χ3n) is 2.52. The van der Waals surface area contributed by atoms with Crippen molar-refractivity contribution in [2.24, 2.45) is 0 Å². The summed E-state index contributed by atoms with van der Waals surface area (Å²) in [7, 11) is 0. The molecule has 0 bridgehead atoms. The van der Waals surface area contributed by atoms with Crippen molar-refractivity contribution in [1.82, 2.24) is 5.32 Å². The number of aliphatic hydroxyl groups excluding tert-OH is 1. The molecule has 0 aliphatic carbocycles. The molecule has 0 radical (unpaired) electrons. The van der Waals surface area contributed by atoms with Crippen LogP contribution in [-0.4, -0.2) is 23.8 Å². The predicted octanol–water partition coefficient (Wildman–Crippen LogP) is 1.73. The SMILES string of the molecule is CC(O)C(C)NCCc1ccc(F)cc1. The van der Waals surface area contributed by atoms with Crippen molar-refractivity contribution in [3.8, 4) is 0 Å². The average Bonchev–Trinajstić information content (AvgIpc) is 2.20. The average molecular weight is 211 g/mol. The molecule has 84 valence electrons. The van der Waals surface area contributed by atoms with E-state index in [9.17, 15) is 9.50 Å². The van der Waals surface area contributed by atoms with Gasteiger partial charge in [0.25, 0.3) is 0 Å². The van der Waals surface area contributed by atoms with Crippen LogP contribution in [0.2, 0.25) is 0 Å². The summed E-state index contributed by atoms with van der Waals surface area (Å²) in [5.41, 5.74) is 1.10. The van der Waals surface area contributed by atoms with Crippen LogP contribution in [0.4, 0.5) is 4.39 Å². The molecule has 2 unspecified atom stereocenters. The van der Waals surface area contributed by atoms with Gasteiger partial charge in [0.2, 0.25) is 0 Å². The maximum atomic E-state index is 12.6. The van der Waals surface area contributed by atoms with Crippen molar-refractivity contribution in [3.05, 3.63) is 35.6 Å². The van der Waals surface area contributed by atoms with Gasteiger partial charge in [0.05, 0.1) is 6.10 Å². The second-order valence-electron chi connectivity index (χ2n) is 3.86. The standard InChI is InChI=1S/C12H18FNO/c1-9(10(2)15)14-8-7-11-3-5-12(13)6-4-11/h3-6,9-10,14-15H,7-8H2,1-2H3. The number of nitrogens with one attached hydrogen (secondary N) is 1. The smallest absolute Gasteiger partial charge is 0.123 e. The van der Waals surface area contributed by atoms with E-state index in [2.05, 4.69) is 5.32 Å². The lowest BCUT2D eigenvalue weighted by Gasteiger charge is -2.16. The van der Waals surface area contributed by atoms with Crippen molar-refractivity contribution in [2.75, 3.05) is 6.54 Å². The van der Waals surface area contributed by atoms with Crippen LogP contribution in [0.1, 0.15) is 19.4 Å². The largest absolute Gasteiger partial charge is 0.392 e. The lowest BCUT2D eigenvalue weighted by Crippen LogP contribution is -2.36. The maximum Gasteiger partial charge on any atom is 0.123 e. The Balaban J connectivity index is 2.29. The van der Waals surface area contributed by atoms with E-state index in [1.54, 1.807) is 19.1 Å². The van der Waals surface area contributed by atoms with Crippen molar-refractivity contribution < 1.29 is 9.50 Å². The second kappa shape index (κ2) is 5.83. The third kappa shape index (κ3) is 4.40. The fraction of sp³-hybridized carbons (Fsp3) is 0.500. The molecule has 0 saturated carbocycles. The monoisotopic (exact) mass is 211 g/mol. The Bertz CT molecular complexity index is 284. The van der Waals surface area contributed by atoms with E-state index in [0.29, 0.717) is 0 Å². The maximum absolute atomic E-state index is 12.6. The molecule has 0 saturated heterocycles. The molecule has 2 atom stereocenters. The summed E-state index contributed by atoms with van der Waals surface area (Å²) < 4.78 is 12.6. The van der Waals surface area contributed by atoms with E-state index in [0.717, 1.165) is 18.5 Å². The van der Waals surface area contributed by atoms with Crippen molar-refractivity contribution in [3.63, 3.8) is 0 Å². The Morgan fingerprint density at radius 2 is 1.87 bits per heavy atom. The van der Waals surface area contributed by atoms with E-state index < -0.39 is 0 Å². The van der Waals surface area contributed by atoms with Crippen LogP contribution in [0.5, 0.6) is 0 Å². The highest BCUT2D eigenvalue weighted by molar-refractivity contribution is 5.16. The van der Waals surface area contributed by atoms with Crippen LogP contribution in [0.3, 0.4) is 0 Å². The van der Waals surface area contributed by atoms with Gasteiger partial charge in [-0.05, 0) is 44.5 Å². The zero-order valence-corrected chi connectivity index (χ0v) is 9.20. The summed E-state index contributed by atoms with van der Waals surface area (Å²) in [6.45, 7) is 4.49. The Morgan fingerprint density at radius 3 is 2.40 bits per heavy atom. The van der Waals surface area contributed by atoms with Gasteiger partial charge in [0.15, 0.2) is 0 Å². The highest BCUT2D eigenvalue weighted by Gasteiger charge is 2.06. The van der Waals surface area contributed by atoms with Gasteiger partial charge >= 0.3 is 0 Å². The van der Waals surface area contributed by atoms with Crippen LogP contribution in [-0.2, 0) is 6.42 Å². The molecule has 2 N–H and O–H groups in total. The number of hydrogen-bond acceptors (Lipinski definition) is 2. The van der Waals surface area contributed by atoms with Crippen LogP contribution in [0, 0.1) is 5.82 Å². The van der Waals surface area contributed by atoms with E-state index >= 15 is 0 Å². The Hall–Kier alpha value is -0.930. The first-order valence-electron chi connectivity index (χ1n) is 5.25. The van der Waals surface area contributed by atoms with E-state index in [4.69, 9.17) is 0 Å². The molecule has 1 aromatic carbocycles. The van der Waals surface area contributed by atoms with E-state index in [-0.39, 0.29) is 18.0 Å². The molecule has 2 nitrogen and oxygen atoms in total. The molecule has 0 amide bonds.